The summed E-state index contributed by atoms with van der Waals surface area (Å²) in [5.74, 6) is -4.23. The predicted molar refractivity (Wildman–Crippen MR) is 56.9 cm³/mol. The number of nitrogens with zero attached hydrogens (tertiary/aromatic N) is 2. The number of rotatable bonds is 5. The van der Waals surface area contributed by atoms with E-state index in [-0.39, 0.29) is 0 Å². The van der Waals surface area contributed by atoms with E-state index in [2.05, 4.69) is 4.98 Å². The Morgan fingerprint density at radius 2 is 2.06 bits per heavy atom. The number of aromatic nitrogens is 1. The maximum absolute atomic E-state index is 13.3. The maximum Gasteiger partial charge on any atom is 0.323 e. The lowest BCUT2D eigenvalue weighted by atomic mass is 10.2. The molecule has 0 radical (unpaired) electrons. The number of nitrogens with two attached hydrogens (primary N) is 1. The molecule has 2 amide bonds. The van der Waals surface area contributed by atoms with Gasteiger partial charge in [-0.25, -0.2) is 4.98 Å². The van der Waals surface area contributed by atoms with Crippen molar-refractivity contribution >= 4 is 17.8 Å². The van der Waals surface area contributed by atoms with Crippen LogP contribution in [0.3, 0.4) is 0 Å². The van der Waals surface area contributed by atoms with Crippen molar-refractivity contribution < 1.29 is 23.9 Å². The van der Waals surface area contributed by atoms with Crippen LogP contribution < -0.4 is 5.73 Å². The number of carboxylic acids is 1. The highest BCUT2D eigenvalue weighted by Crippen LogP contribution is 2.07. The molecule has 0 saturated carbocycles. The van der Waals surface area contributed by atoms with Gasteiger partial charge in [0.2, 0.25) is 11.9 Å². The van der Waals surface area contributed by atoms with Crippen molar-refractivity contribution in [3.05, 3.63) is 29.8 Å². The molecule has 8 heteroatoms. The summed E-state index contributed by atoms with van der Waals surface area (Å²) in [4.78, 5) is 37.0. The number of aliphatic carboxylic acids is 1. The van der Waals surface area contributed by atoms with Crippen LogP contribution in [0.4, 0.5) is 4.39 Å². The van der Waals surface area contributed by atoms with Crippen LogP contribution in [0.25, 0.3) is 0 Å². The first kappa shape index (κ1) is 13.6. The van der Waals surface area contributed by atoms with Crippen LogP contribution in [-0.4, -0.2) is 45.9 Å². The standard InChI is InChI=1S/C10H10FN3O4/c11-9-6(2-1-3-13-9)10(18)14(4-7(12)15)5-8(16)17/h1-3H,4-5H2,(H2,12,15)(H,16,17). The molecule has 0 spiro atoms. The summed E-state index contributed by atoms with van der Waals surface area (Å²) in [6.45, 7) is -1.37. The maximum atomic E-state index is 13.3. The number of amides is 2. The van der Waals surface area contributed by atoms with Gasteiger partial charge in [0.25, 0.3) is 5.91 Å². The monoisotopic (exact) mass is 255 g/mol. The fraction of sp³-hybridized carbons (Fsp3) is 0.200. The Bertz CT molecular complexity index is 476. The Morgan fingerprint density at radius 3 is 2.56 bits per heavy atom. The fourth-order valence-electron chi connectivity index (χ4n) is 1.27. The van der Waals surface area contributed by atoms with Gasteiger partial charge in [-0.05, 0) is 12.1 Å². The van der Waals surface area contributed by atoms with Crippen molar-refractivity contribution in [3.8, 4) is 0 Å². The van der Waals surface area contributed by atoms with Crippen molar-refractivity contribution in [1.29, 1.82) is 0 Å². The summed E-state index contributed by atoms with van der Waals surface area (Å²) in [5.41, 5.74) is 4.47. The second kappa shape index (κ2) is 5.71. The molecule has 3 N–H and O–H groups in total. The molecule has 0 saturated heterocycles. The topological polar surface area (TPSA) is 114 Å². The minimum absolute atomic E-state index is 0.417. The van der Waals surface area contributed by atoms with Crippen molar-refractivity contribution in [2.24, 2.45) is 5.73 Å². The number of hydrogen-bond donors (Lipinski definition) is 2. The van der Waals surface area contributed by atoms with E-state index in [1.54, 1.807) is 0 Å². The lowest BCUT2D eigenvalue weighted by molar-refractivity contribution is -0.138. The smallest absolute Gasteiger partial charge is 0.323 e. The third-order valence-electron chi connectivity index (χ3n) is 1.95. The van der Waals surface area contributed by atoms with E-state index in [0.717, 1.165) is 12.3 Å². The highest BCUT2D eigenvalue weighted by Gasteiger charge is 2.23. The van der Waals surface area contributed by atoms with Gasteiger partial charge in [-0.2, -0.15) is 4.39 Å². The molecule has 1 aromatic heterocycles. The van der Waals surface area contributed by atoms with Crippen LogP contribution in [0, 0.1) is 5.95 Å². The number of halogens is 1. The molecular formula is C10H10FN3O4. The zero-order valence-electron chi connectivity index (χ0n) is 9.17. The van der Waals surface area contributed by atoms with Crippen LogP contribution in [0.1, 0.15) is 10.4 Å². The van der Waals surface area contributed by atoms with Crippen LogP contribution in [0.15, 0.2) is 18.3 Å². The highest BCUT2D eigenvalue weighted by atomic mass is 19.1. The van der Waals surface area contributed by atoms with Gasteiger partial charge in [-0.15, -0.1) is 0 Å². The normalized spacial score (nSPS) is 9.83. The first-order chi connectivity index (χ1) is 8.41. The Kier molecular flexibility index (Phi) is 4.30. The van der Waals surface area contributed by atoms with Crippen LogP contribution in [0.2, 0.25) is 0 Å². The average Bonchev–Trinajstić information content (AvgIpc) is 2.26. The van der Waals surface area contributed by atoms with E-state index in [4.69, 9.17) is 10.8 Å². The molecule has 0 aliphatic carbocycles. The van der Waals surface area contributed by atoms with Gasteiger partial charge in [-0.3, -0.25) is 14.4 Å². The highest BCUT2D eigenvalue weighted by molar-refractivity contribution is 5.97. The van der Waals surface area contributed by atoms with Crippen molar-refractivity contribution in [3.63, 3.8) is 0 Å². The van der Waals surface area contributed by atoms with Gasteiger partial charge < -0.3 is 15.7 Å². The predicted octanol–water partition coefficient (Wildman–Crippen LogP) is -0.767. The number of pyridine rings is 1. The van der Waals surface area contributed by atoms with Crippen molar-refractivity contribution in [1.82, 2.24) is 9.88 Å². The molecule has 0 aromatic carbocycles. The Morgan fingerprint density at radius 1 is 1.39 bits per heavy atom. The van der Waals surface area contributed by atoms with Gasteiger partial charge in [-0.1, -0.05) is 0 Å². The second-order valence-corrected chi connectivity index (χ2v) is 3.36. The van der Waals surface area contributed by atoms with Gasteiger partial charge in [0, 0.05) is 6.20 Å². The van der Waals surface area contributed by atoms with Crippen molar-refractivity contribution in [2.45, 2.75) is 0 Å². The summed E-state index contributed by atoms with van der Waals surface area (Å²) in [6, 6.07) is 2.46. The van der Waals surface area contributed by atoms with Crippen molar-refractivity contribution in [2.75, 3.05) is 13.1 Å². The molecule has 1 aromatic rings. The third kappa shape index (κ3) is 3.51. The van der Waals surface area contributed by atoms with E-state index < -0.39 is 42.4 Å². The molecule has 0 fully saturated rings. The molecule has 96 valence electrons. The van der Waals surface area contributed by atoms with Crippen LogP contribution in [-0.2, 0) is 9.59 Å². The minimum Gasteiger partial charge on any atom is -0.480 e. The Labute approximate surface area is 101 Å². The quantitative estimate of drug-likeness (QED) is 0.671. The number of primary amides is 1. The third-order valence-corrected chi connectivity index (χ3v) is 1.95. The van der Waals surface area contributed by atoms with Crippen LogP contribution in [0.5, 0.6) is 0 Å². The lowest BCUT2D eigenvalue weighted by Gasteiger charge is -2.18. The molecule has 1 heterocycles. The minimum atomic E-state index is -1.34. The SMILES string of the molecule is NC(=O)CN(CC(=O)O)C(=O)c1cccnc1F. The van der Waals surface area contributed by atoms with Crippen LogP contribution >= 0.6 is 0 Å². The average molecular weight is 255 g/mol. The molecule has 0 bridgehead atoms. The van der Waals surface area contributed by atoms with Gasteiger partial charge in [0.05, 0.1) is 5.56 Å². The van der Waals surface area contributed by atoms with E-state index in [9.17, 15) is 18.8 Å². The largest absolute Gasteiger partial charge is 0.480 e. The summed E-state index contributed by atoms with van der Waals surface area (Å²) in [7, 11) is 0. The number of carboxylic acid groups (broad SMARTS) is 1. The first-order valence-corrected chi connectivity index (χ1v) is 4.81. The van der Waals surface area contributed by atoms with E-state index >= 15 is 0 Å². The molecule has 0 aliphatic heterocycles. The summed E-state index contributed by atoms with van der Waals surface area (Å²) < 4.78 is 13.3. The molecule has 7 nitrogen and oxygen atoms in total. The number of carbonyl (C=O) groups excluding carboxylic acids is 2. The summed E-state index contributed by atoms with van der Waals surface area (Å²) in [6.07, 6.45) is 1.14. The number of carbonyl (C=O) groups is 3. The molecular weight excluding hydrogens is 245 g/mol. The van der Waals surface area contributed by atoms with E-state index in [0.29, 0.717) is 4.90 Å². The lowest BCUT2D eigenvalue weighted by Crippen LogP contribution is -2.41. The Hall–Kier alpha value is -2.51. The molecule has 18 heavy (non-hydrogen) atoms. The Balaban J connectivity index is 2.98. The number of hydrogen-bond acceptors (Lipinski definition) is 4. The second-order valence-electron chi connectivity index (χ2n) is 3.36. The zero-order valence-corrected chi connectivity index (χ0v) is 9.17. The van der Waals surface area contributed by atoms with E-state index in [1.165, 1.54) is 6.07 Å². The molecule has 0 unspecified atom stereocenters. The fourth-order valence-corrected chi connectivity index (χ4v) is 1.27. The van der Waals surface area contributed by atoms with Gasteiger partial charge in [0.1, 0.15) is 13.1 Å². The van der Waals surface area contributed by atoms with Gasteiger partial charge in [0.15, 0.2) is 0 Å². The van der Waals surface area contributed by atoms with E-state index in [1.807, 2.05) is 0 Å². The summed E-state index contributed by atoms with van der Waals surface area (Å²) in [5, 5.41) is 8.61. The van der Waals surface area contributed by atoms with Gasteiger partial charge >= 0.3 is 5.97 Å². The molecule has 1 rings (SSSR count). The zero-order chi connectivity index (χ0) is 13.7. The molecule has 0 atom stereocenters. The first-order valence-electron chi connectivity index (χ1n) is 4.81. The summed E-state index contributed by atoms with van der Waals surface area (Å²) >= 11 is 0. The molecule has 0 aliphatic rings.